The van der Waals surface area contributed by atoms with Crippen LogP contribution < -0.4 is 0 Å². The van der Waals surface area contributed by atoms with E-state index in [2.05, 4.69) is 4.90 Å². The van der Waals surface area contributed by atoms with Crippen molar-refractivity contribution in [1.29, 1.82) is 0 Å². The molecular formula is C18H25ClN2O3S. The summed E-state index contributed by atoms with van der Waals surface area (Å²) in [5, 5.41) is 0.503. The minimum atomic E-state index is -3.35. The van der Waals surface area contributed by atoms with E-state index >= 15 is 0 Å². The van der Waals surface area contributed by atoms with E-state index in [1.54, 1.807) is 16.4 Å². The average molecular weight is 385 g/mol. The number of rotatable bonds is 4. The third-order valence-corrected chi connectivity index (χ3v) is 7.80. The molecule has 3 fully saturated rings. The highest BCUT2D eigenvalue weighted by molar-refractivity contribution is 7.88. The van der Waals surface area contributed by atoms with Crippen LogP contribution in [0.25, 0.3) is 0 Å². The van der Waals surface area contributed by atoms with E-state index in [0.29, 0.717) is 29.7 Å². The van der Waals surface area contributed by atoms with Crippen LogP contribution >= 0.6 is 11.6 Å². The molecular weight excluding hydrogens is 360 g/mol. The van der Waals surface area contributed by atoms with Crippen LogP contribution in [0.15, 0.2) is 24.3 Å². The summed E-state index contributed by atoms with van der Waals surface area (Å²) in [5.41, 5.74) is 0.388. The molecule has 138 valence electrons. The highest BCUT2D eigenvalue weighted by Gasteiger charge is 2.54. The maximum atomic E-state index is 12.7. The quantitative estimate of drug-likeness (QED) is 0.800. The number of hydrogen-bond acceptors (Lipinski definition) is 4. The van der Waals surface area contributed by atoms with Gasteiger partial charge in [-0.15, -0.1) is 0 Å². The maximum Gasteiger partial charge on any atom is 0.218 e. The standard InChI is InChI=1S/C18H25ClN2O3S/c19-17-7-3-2-6-15(17)12-25(22,23)21-13-18(14-21)10-16(11-24-18)20-8-4-1-5-9-20/h2-3,6-7,16H,1,4-5,8-14H2. The Labute approximate surface area is 154 Å². The molecule has 3 heterocycles. The molecule has 3 saturated heterocycles. The van der Waals surface area contributed by atoms with Crippen molar-refractivity contribution in [2.75, 3.05) is 32.8 Å². The first-order valence-electron chi connectivity index (χ1n) is 9.07. The van der Waals surface area contributed by atoms with Crippen LogP contribution in [-0.2, 0) is 20.5 Å². The van der Waals surface area contributed by atoms with Gasteiger partial charge >= 0.3 is 0 Å². The molecule has 1 aromatic rings. The SMILES string of the molecule is O=S(=O)(Cc1ccccc1Cl)N1CC2(CC(N3CCCCC3)CO2)C1. The predicted octanol–water partition coefficient (Wildman–Crippen LogP) is 2.50. The minimum absolute atomic E-state index is 0.0433. The van der Waals surface area contributed by atoms with Gasteiger partial charge in [0.15, 0.2) is 0 Å². The molecule has 0 bridgehead atoms. The summed E-state index contributed by atoms with van der Waals surface area (Å²) in [7, 11) is -3.35. The van der Waals surface area contributed by atoms with E-state index in [1.807, 2.05) is 12.1 Å². The van der Waals surface area contributed by atoms with Crippen molar-refractivity contribution >= 4 is 21.6 Å². The van der Waals surface area contributed by atoms with Gasteiger partial charge in [0.2, 0.25) is 10.0 Å². The third-order valence-electron chi connectivity index (χ3n) is 5.71. The van der Waals surface area contributed by atoms with Gasteiger partial charge in [0.05, 0.1) is 18.0 Å². The molecule has 1 unspecified atom stereocenters. The Bertz CT molecular complexity index is 728. The molecule has 5 nitrogen and oxygen atoms in total. The summed E-state index contributed by atoms with van der Waals surface area (Å²) >= 11 is 6.11. The van der Waals surface area contributed by atoms with Gasteiger partial charge in [0.1, 0.15) is 0 Å². The summed E-state index contributed by atoms with van der Waals surface area (Å²) in [5.74, 6) is -0.0433. The number of benzene rings is 1. The summed E-state index contributed by atoms with van der Waals surface area (Å²) < 4.78 is 32.9. The second-order valence-electron chi connectivity index (χ2n) is 7.56. The van der Waals surface area contributed by atoms with Crippen molar-refractivity contribution in [2.24, 2.45) is 0 Å². The molecule has 0 aliphatic carbocycles. The van der Waals surface area contributed by atoms with E-state index in [9.17, 15) is 8.42 Å². The van der Waals surface area contributed by atoms with E-state index in [4.69, 9.17) is 16.3 Å². The number of ether oxygens (including phenoxy) is 1. The molecule has 0 amide bonds. The number of piperidine rings is 1. The number of nitrogens with zero attached hydrogens (tertiary/aromatic N) is 2. The lowest BCUT2D eigenvalue weighted by molar-refractivity contribution is -0.0775. The van der Waals surface area contributed by atoms with Gasteiger partial charge in [0.25, 0.3) is 0 Å². The average Bonchev–Trinajstić information content (AvgIpc) is 3.02. The normalized spacial score (nSPS) is 27.5. The Kier molecular flexibility index (Phi) is 4.84. The molecule has 3 aliphatic rings. The fourth-order valence-electron chi connectivity index (χ4n) is 4.26. The lowest BCUT2D eigenvalue weighted by Gasteiger charge is -2.46. The smallest absolute Gasteiger partial charge is 0.218 e. The van der Waals surface area contributed by atoms with Gasteiger partial charge in [-0.1, -0.05) is 36.2 Å². The third kappa shape index (κ3) is 3.60. The molecule has 1 aromatic carbocycles. The van der Waals surface area contributed by atoms with Gasteiger partial charge in [-0.3, -0.25) is 4.90 Å². The first kappa shape index (κ1) is 17.7. The van der Waals surface area contributed by atoms with E-state index in [-0.39, 0.29) is 11.4 Å². The highest BCUT2D eigenvalue weighted by atomic mass is 35.5. The Morgan fingerprint density at radius 1 is 1.16 bits per heavy atom. The summed E-state index contributed by atoms with van der Waals surface area (Å²) in [6.45, 7) is 3.99. The van der Waals surface area contributed by atoms with Crippen LogP contribution in [0.1, 0.15) is 31.2 Å². The van der Waals surface area contributed by atoms with Crippen LogP contribution in [0.5, 0.6) is 0 Å². The Balaban J connectivity index is 1.36. The number of sulfonamides is 1. The van der Waals surface area contributed by atoms with E-state index < -0.39 is 10.0 Å². The first-order valence-corrected chi connectivity index (χ1v) is 11.1. The molecule has 0 saturated carbocycles. The summed E-state index contributed by atoms with van der Waals surface area (Å²) in [6, 6.07) is 7.58. The molecule has 7 heteroatoms. The largest absolute Gasteiger partial charge is 0.371 e. The first-order chi connectivity index (χ1) is 12.0. The maximum absolute atomic E-state index is 12.7. The van der Waals surface area contributed by atoms with Crippen LogP contribution in [0.2, 0.25) is 5.02 Å². The van der Waals surface area contributed by atoms with Crippen molar-refractivity contribution in [3.8, 4) is 0 Å². The van der Waals surface area contributed by atoms with Gasteiger partial charge in [-0.25, -0.2) is 8.42 Å². The predicted molar refractivity (Wildman–Crippen MR) is 98.2 cm³/mol. The molecule has 1 atom stereocenters. The lowest BCUT2D eigenvalue weighted by atomic mass is 9.91. The van der Waals surface area contributed by atoms with Crippen molar-refractivity contribution in [1.82, 2.24) is 9.21 Å². The molecule has 0 N–H and O–H groups in total. The van der Waals surface area contributed by atoms with Gasteiger partial charge in [0, 0.05) is 24.2 Å². The zero-order valence-electron chi connectivity index (χ0n) is 14.4. The molecule has 3 aliphatic heterocycles. The van der Waals surface area contributed by atoms with Crippen LogP contribution in [0.4, 0.5) is 0 Å². The van der Waals surface area contributed by atoms with Gasteiger partial charge in [-0.05, 0) is 44.0 Å². The lowest BCUT2D eigenvalue weighted by Crippen LogP contribution is -2.63. The van der Waals surface area contributed by atoms with E-state index in [0.717, 1.165) is 26.1 Å². The van der Waals surface area contributed by atoms with Crippen LogP contribution in [0.3, 0.4) is 0 Å². The van der Waals surface area contributed by atoms with Crippen LogP contribution in [0, 0.1) is 0 Å². The van der Waals surface area contributed by atoms with Crippen molar-refractivity contribution < 1.29 is 13.2 Å². The topological polar surface area (TPSA) is 49.9 Å². The molecule has 25 heavy (non-hydrogen) atoms. The Morgan fingerprint density at radius 2 is 1.88 bits per heavy atom. The second kappa shape index (κ2) is 6.82. The molecule has 4 rings (SSSR count). The minimum Gasteiger partial charge on any atom is -0.371 e. The Hall–Kier alpha value is -0.660. The second-order valence-corrected chi connectivity index (χ2v) is 9.94. The monoisotopic (exact) mass is 384 g/mol. The number of likely N-dealkylation sites (tertiary alicyclic amines) is 1. The zero-order chi connectivity index (χ0) is 17.5. The fraction of sp³-hybridized carbons (Fsp3) is 0.667. The van der Waals surface area contributed by atoms with Gasteiger partial charge < -0.3 is 4.74 Å². The summed E-state index contributed by atoms with van der Waals surface area (Å²) in [4.78, 5) is 2.53. The number of hydrogen-bond donors (Lipinski definition) is 0. The summed E-state index contributed by atoms with van der Waals surface area (Å²) in [6.07, 6.45) is 4.80. The molecule has 1 spiro atoms. The Morgan fingerprint density at radius 3 is 2.60 bits per heavy atom. The zero-order valence-corrected chi connectivity index (χ0v) is 15.9. The van der Waals surface area contributed by atoms with Crippen molar-refractivity contribution in [3.05, 3.63) is 34.9 Å². The molecule has 0 aromatic heterocycles. The highest BCUT2D eigenvalue weighted by Crippen LogP contribution is 2.39. The number of halogens is 1. The molecule has 0 radical (unpaired) electrons. The van der Waals surface area contributed by atoms with Gasteiger partial charge in [-0.2, -0.15) is 4.31 Å². The van der Waals surface area contributed by atoms with Crippen LogP contribution in [-0.4, -0.2) is 62.1 Å². The van der Waals surface area contributed by atoms with Crippen molar-refractivity contribution in [2.45, 2.75) is 43.1 Å². The van der Waals surface area contributed by atoms with Crippen molar-refractivity contribution in [3.63, 3.8) is 0 Å². The fourth-order valence-corrected chi connectivity index (χ4v) is 6.23. The van der Waals surface area contributed by atoms with E-state index in [1.165, 1.54) is 19.3 Å².